The molecule has 2 heterocycles. The summed E-state index contributed by atoms with van der Waals surface area (Å²) in [5.74, 6) is -0.531. The van der Waals surface area contributed by atoms with Crippen LogP contribution in [0.2, 0.25) is 5.02 Å². The Balaban J connectivity index is 1.98. The average Bonchev–Trinajstić information content (AvgIpc) is 2.66. The molecule has 7 heteroatoms. The summed E-state index contributed by atoms with van der Waals surface area (Å²) in [6.07, 6.45) is 4.88. The first kappa shape index (κ1) is 16.3. The zero-order valence-corrected chi connectivity index (χ0v) is 14.4. The summed E-state index contributed by atoms with van der Waals surface area (Å²) < 4.78 is 0.894. The molecule has 1 aliphatic carbocycles. The van der Waals surface area contributed by atoms with E-state index < -0.39 is 18.1 Å². The van der Waals surface area contributed by atoms with E-state index in [2.05, 4.69) is 30.8 Å². The summed E-state index contributed by atoms with van der Waals surface area (Å²) in [6.45, 7) is 6.26. The number of hydrogen-bond donors (Lipinski definition) is 1. The largest absolute Gasteiger partial charge is 0.480 e. The van der Waals surface area contributed by atoms with E-state index in [0.717, 1.165) is 17.5 Å². The molecule has 2 aliphatic rings. The Bertz CT molecular complexity index is 700. The van der Waals surface area contributed by atoms with Gasteiger partial charge in [-0.05, 0) is 37.5 Å². The topological polar surface area (TPSA) is 75.4 Å². The highest BCUT2D eigenvalue weighted by Gasteiger charge is 2.47. The van der Waals surface area contributed by atoms with Gasteiger partial charge in [0.2, 0.25) is 0 Å². The van der Waals surface area contributed by atoms with Crippen LogP contribution in [-0.4, -0.2) is 32.9 Å². The van der Waals surface area contributed by atoms with Gasteiger partial charge in [-0.25, -0.2) is 4.68 Å². The van der Waals surface area contributed by atoms with Gasteiger partial charge in [-0.2, -0.15) is 5.10 Å². The van der Waals surface area contributed by atoms with Gasteiger partial charge in [0, 0.05) is 12.1 Å². The molecule has 3 unspecified atom stereocenters. The van der Waals surface area contributed by atoms with E-state index in [-0.39, 0.29) is 10.4 Å². The second-order valence-corrected chi connectivity index (χ2v) is 7.95. The number of aliphatic carboxylic acids is 1. The molecule has 2 bridgehead atoms. The van der Waals surface area contributed by atoms with Gasteiger partial charge in [-0.3, -0.25) is 9.59 Å². The van der Waals surface area contributed by atoms with Crippen molar-refractivity contribution in [1.82, 2.24) is 9.78 Å². The van der Waals surface area contributed by atoms with Gasteiger partial charge in [0.25, 0.3) is 5.56 Å². The number of carbonyl (C=O) groups is 1. The van der Waals surface area contributed by atoms with Gasteiger partial charge >= 0.3 is 5.97 Å². The lowest BCUT2D eigenvalue weighted by Gasteiger charge is -2.35. The minimum Gasteiger partial charge on any atom is -0.480 e. The standard InChI is InChI=1S/C16H22ClN3O3/c1-9-10-4-11(6-16(2,3)5-10)20(9)12-7-18-19(8-13(21)22)15(23)14(12)17/h7,9-11H,4-6,8H2,1-3H3,(H,21,22). The van der Waals surface area contributed by atoms with Crippen LogP contribution in [0.3, 0.4) is 0 Å². The van der Waals surface area contributed by atoms with Crippen LogP contribution in [0.1, 0.15) is 40.0 Å². The Morgan fingerprint density at radius 1 is 1.48 bits per heavy atom. The van der Waals surface area contributed by atoms with E-state index in [9.17, 15) is 9.59 Å². The van der Waals surface area contributed by atoms with Gasteiger partial charge in [0.1, 0.15) is 11.6 Å². The molecule has 0 aromatic carbocycles. The van der Waals surface area contributed by atoms with E-state index in [0.29, 0.717) is 23.7 Å². The number of nitrogens with zero attached hydrogens (tertiary/aromatic N) is 3. The molecule has 1 N–H and O–H groups in total. The second kappa shape index (κ2) is 5.51. The quantitative estimate of drug-likeness (QED) is 0.915. The molecule has 1 aromatic rings. The fourth-order valence-electron chi connectivity index (χ4n) is 4.38. The summed E-state index contributed by atoms with van der Waals surface area (Å²) in [6, 6.07) is 0.656. The number of halogens is 1. The molecule has 1 aliphatic heterocycles. The maximum absolute atomic E-state index is 12.3. The third kappa shape index (κ3) is 2.84. The fraction of sp³-hybridized carbons (Fsp3) is 0.688. The highest BCUT2D eigenvalue weighted by Crippen LogP contribution is 2.50. The van der Waals surface area contributed by atoms with Crippen molar-refractivity contribution in [3.63, 3.8) is 0 Å². The van der Waals surface area contributed by atoms with Gasteiger partial charge in [0.05, 0.1) is 11.9 Å². The Kier molecular flexibility index (Phi) is 3.91. The molecule has 6 nitrogen and oxygen atoms in total. The van der Waals surface area contributed by atoms with Crippen molar-refractivity contribution in [2.24, 2.45) is 11.3 Å². The lowest BCUT2D eigenvalue weighted by atomic mass is 9.71. The highest BCUT2D eigenvalue weighted by molar-refractivity contribution is 6.33. The monoisotopic (exact) mass is 339 g/mol. The Morgan fingerprint density at radius 3 is 2.83 bits per heavy atom. The van der Waals surface area contributed by atoms with Crippen molar-refractivity contribution in [2.45, 2.75) is 58.7 Å². The average molecular weight is 340 g/mol. The van der Waals surface area contributed by atoms with Crippen LogP contribution in [0.5, 0.6) is 0 Å². The van der Waals surface area contributed by atoms with Crippen LogP contribution >= 0.6 is 11.6 Å². The van der Waals surface area contributed by atoms with Crippen LogP contribution in [0.25, 0.3) is 0 Å². The van der Waals surface area contributed by atoms with Crippen LogP contribution < -0.4 is 10.5 Å². The normalized spacial score (nSPS) is 28.9. The third-order valence-corrected chi connectivity index (χ3v) is 5.58. The van der Waals surface area contributed by atoms with Gasteiger partial charge in [-0.15, -0.1) is 0 Å². The molecule has 126 valence electrons. The van der Waals surface area contributed by atoms with E-state index in [1.807, 2.05) is 0 Å². The predicted octanol–water partition coefficient (Wildman–Crippen LogP) is 2.38. The van der Waals surface area contributed by atoms with E-state index in [4.69, 9.17) is 16.7 Å². The summed E-state index contributed by atoms with van der Waals surface area (Å²) in [4.78, 5) is 25.3. The lowest BCUT2D eigenvalue weighted by molar-refractivity contribution is -0.138. The van der Waals surface area contributed by atoms with E-state index in [1.54, 1.807) is 0 Å². The molecule has 3 atom stereocenters. The molecule has 1 aromatic heterocycles. The first-order valence-electron chi connectivity index (χ1n) is 7.95. The Morgan fingerprint density at radius 2 is 2.17 bits per heavy atom. The zero-order valence-electron chi connectivity index (χ0n) is 13.6. The van der Waals surface area contributed by atoms with Crippen molar-refractivity contribution in [1.29, 1.82) is 0 Å². The number of carboxylic acid groups (broad SMARTS) is 1. The van der Waals surface area contributed by atoms with Crippen molar-refractivity contribution in [3.05, 3.63) is 21.6 Å². The van der Waals surface area contributed by atoms with Crippen molar-refractivity contribution >= 4 is 23.3 Å². The number of aromatic nitrogens is 2. The first-order chi connectivity index (χ1) is 10.7. The zero-order chi connectivity index (χ0) is 16.9. The first-order valence-corrected chi connectivity index (χ1v) is 8.33. The van der Waals surface area contributed by atoms with E-state index >= 15 is 0 Å². The van der Waals surface area contributed by atoms with Gasteiger partial charge < -0.3 is 10.0 Å². The van der Waals surface area contributed by atoms with Crippen LogP contribution in [0.4, 0.5) is 5.69 Å². The Hall–Kier alpha value is -1.56. The fourth-order valence-corrected chi connectivity index (χ4v) is 4.62. The molecular formula is C16H22ClN3O3. The number of rotatable bonds is 3. The molecule has 0 radical (unpaired) electrons. The number of carboxylic acids is 1. The molecule has 3 rings (SSSR count). The number of anilines is 1. The van der Waals surface area contributed by atoms with Crippen molar-refractivity contribution in [3.8, 4) is 0 Å². The van der Waals surface area contributed by atoms with Gasteiger partial charge in [-0.1, -0.05) is 25.4 Å². The lowest BCUT2D eigenvalue weighted by Crippen LogP contribution is -2.38. The maximum atomic E-state index is 12.3. The van der Waals surface area contributed by atoms with Gasteiger partial charge in [0.15, 0.2) is 0 Å². The molecule has 1 saturated heterocycles. The Labute approximate surface area is 140 Å². The molecule has 0 amide bonds. The highest BCUT2D eigenvalue weighted by atomic mass is 35.5. The number of fused-ring (bicyclic) bond motifs is 2. The van der Waals surface area contributed by atoms with Crippen LogP contribution in [-0.2, 0) is 11.3 Å². The van der Waals surface area contributed by atoms with Crippen molar-refractivity contribution in [2.75, 3.05) is 4.90 Å². The summed E-state index contributed by atoms with van der Waals surface area (Å²) in [5.41, 5.74) is 0.380. The SMILES string of the molecule is CC1C2CC(CC(C)(C)C2)N1c1cnn(CC(=O)O)c(=O)c1Cl. The number of hydrogen-bond acceptors (Lipinski definition) is 4. The molecular weight excluding hydrogens is 318 g/mol. The molecule has 0 spiro atoms. The minimum atomic E-state index is -1.12. The molecule has 1 saturated carbocycles. The minimum absolute atomic E-state index is 0.0680. The van der Waals surface area contributed by atoms with Crippen LogP contribution in [0.15, 0.2) is 11.0 Å². The summed E-state index contributed by atoms with van der Waals surface area (Å²) >= 11 is 6.28. The third-order valence-electron chi connectivity index (χ3n) is 5.22. The molecule has 2 fully saturated rings. The summed E-state index contributed by atoms with van der Waals surface area (Å²) in [5, 5.41) is 12.9. The van der Waals surface area contributed by atoms with Crippen LogP contribution in [0, 0.1) is 11.3 Å². The smallest absolute Gasteiger partial charge is 0.325 e. The van der Waals surface area contributed by atoms with E-state index in [1.165, 1.54) is 12.6 Å². The predicted molar refractivity (Wildman–Crippen MR) is 88.0 cm³/mol. The molecule has 23 heavy (non-hydrogen) atoms. The van der Waals surface area contributed by atoms with Crippen molar-refractivity contribution < 1.29 is 9.90 Å². The second-order valence-electron chi connectivity index (χ2n) is 7.57. The maximum Gasteiger partial charge on any atom is 0.325 e. The summed E-state index contributed by atoms with van der Waals surface area (Å²) in [7, 11) is 0.